The number of benzene rings is 1. The van der Waals surface area contributed by atoms with Crippen LogP contribution in [0.15, 0.2) is 18.2 Å². The van der Waals surface area contributed by atoms with E-state index in [4.69, 9.17) is 0 Å². The van der Waals surface area contributed by atoms with E-state index in [2.05, 4.69) is 16.7 Å². The minimum Gasteiger partial charge on any atom is -0.335 e. The van der Waals surface area contributed by atoms with Gasteiger partial charge in [-0.05, 0) is 49.9 Å². The van der Waals surface area contributed by atoms with E-state index in [1.807, 2.05) is 26.0 Å². The summed E-state index contributed by atoms with van der Waals surface area (Å²) in [5.74, 6) is 0. The van der Waals surface area contributed by atoms with Gasteiger partial charge in [0, 0.05) is 11.7 Å². The molecule has 0 aromatic heterocycles. The number of hydrogen-bond donors (Lipinski definition) is 2. The first-order valence-corrected chi connectivity index (χ1v) is 7.79. The average molecular weight is 274 g/mol. The summed E-state index contributed by atoms with van der Waals surface area (Å²) in [7, 11) is 0. The van der Waals surface area contributed by atoms with Crippen LogP contribution < -0.4 is 10.6 Å². The summed E-state index contributed by atoms with van der Waals surface area (Å²) in [4.78, 5) is 12.1. The number of carbonyl (C=O) groups is 1. The molecule has 0 unspecified atom stereocenters. The lowest BCUT2D eigenvalue weighted by Crippen LogP contribution is -2.38. The Morgan fingerprint density at radius 3 is 2.10 bits per heavy atom. The molecule has 0 spiro atoms. The lowest BCUT2D eigenvalue weighted by atomic mass is 9.97. The average Bonchev–Trinajstić information content (AvgIpc) is 2.31. The van der Waals surface area contributed by atoms with E-state index in [1.165, 1.54) is 43.2 Å². The van der Waals surface area contributed by atoms with Crippen LogP contribution in [0.3, 0.4) is 0 Å². The summed E-state index contributed by atoms with van der Waals surface area (Å²) in [6, 6.07) is 6.38. The van der Waals surface area contributed by atoms with Gasteiger partial charge in [0.05, 0.1) is 0 Å². The van der Waals surface area contributed by atoms with Crippen LogP contribution in [0.1, 0.15) is 56.1 Å². The van der Waals surface area contributed by atoms with Crippen LogP contribution in [0, 0.1) is 13.8 Å². The van der Waals surface area contributed by atoms with Crippen molar-refractivity contribution in [3.05, 3.63) is 29.3 Å². The number of nitrogens with one attached hydrogen (secondary N) is 2. The zero-order valence-electron chi connectivity index (χ0n) is 12.7. The number of carbonyl (C=O) groups excluding carboxylic acids is 1. The van der Waals surface area contributed by atoms with E-state index in [0.717, 1.165) is 18.5 Å². The van der Waals surface area contributed by atoms with Crippen molar-refractivity contribution >= 4 is 11.7 Å². The molecule has 20 heavy (non-hydrogen) atoms. The van der Waals surface area contributed by atoms with E-state index >= 15 is 0 Å². The minimum atomic E-state index is -0.0689. The standard InChI is InChI=1S/C17H26N2O/c1-13-10-14(2)12-16(11-13)19-17(20)18-15-8-6-4-3-5-7-9-15/h10-12,15H,3-9H2,1-2H3,(H2,18,19,20). The molecular formula is C17H26N2O. The Hall–Kier alpha value is -1.51. The second-order valence-electron chi connectivity index (χ2n) is 6.02. The van der Waals surface area contributed by atoms with Gasteiger partial charge in [0.1, 0.15) is 0 Å². The summed E-state index contributed by atoms with van der Waals surface area (Å²) in [5, 5.41) is 6.08. The Morgan fingerprint density at radius 1 is 0.950 bits per heavy atom. The highest BCUT2D eigenvalue weighted by molar-refractivity contribution is 5.89. The van der Waals surface area contributed by atoms with Gasteiger partial charge < -0.3 is 10.6 Å². The van der Waals surface area contributed by atoms with Gasteiger partial charge in [-0.25, -0.2) is 4.79 Å². The first-order valence-electron chi connectivity index (χ1n) is 7.79. The first kappa shape index (κ1) is 14.9. The molecule has 0 saturated heterocycles. The summed E-state index contributed by atoms with van der Waals surface area (Å²) in [6.07, 6.45) is 8.64. The lowest BCUT2D eigenvalue weighted by Gasteiger charge is -2.21. The molecule has 0 radical (unpaired) electrons. The lowest BCUT2D eigenvalue weighted by molar-refractivity contribution is 0.245. The fourth-order valence-electron chi connectivity index (χ4n) is 3.00. The van der Waals surface area contributed by atoms with Crippen molar-refractivity contribution in [2.75, 3.05) is 5.32 Å². The monoisotopic (exact) mass is 274 g/mol. The Labute approximate surface area is 122 Å². The molecule has 1 saturated carbocycles. The SMILES string of the molecule is Cc1cc(C)cc(NC(=O)NC2CCCCCCC2)c1. The molecule has 0 atom stereocenters. The molecule has 110 valence electrons. The number of hydrogen-bond acceptors (Lipinski definition) is 1. The molecular weight excluding hydrogens is 248 g/mol. The van der Waals surface area contributed by atoms with Crippen molar-refractivity contribution in [2.24, 2.45) is 0 Å². The minimum absolute atomic E-state index is 0.0689. The van der Waals surface area contributed by atoms with Gasteiger partial charge in [0.25, 0.3) is 0 Å². The van der Waals surface area contributed by atoms with E-state index in [1.54, 1.807) is 0 Å². The van der Waals surface area contributed by atoms with E-state index in [0.29, 0.717) is 6.04 Å². The molecule has 3 heteroatoms. The van der Waals surface area contributed by atoms with E-state index in [9.17, 15) is 4.79 Å². The van der Waals surface area contributed by atoms with Gasteiger partial charge in [-0.2, -0.15) is 0 Å². The number of urea groups is 1. The Kier molecular flexibility index (Phi) is 5.45. The summed E-state index contributed by atoms with van der Waals surface area (Å²) >= 11 is 0. The van der Waals surface area contributed by atoms with Crippen LogP contribution in [-0.4, -0.2) is 12.1 Å². The first-order chi connectivity index (χ1) is 9.63. The highest BCUT2D eigenvalue weighted by Gasteiger charge is 2.14. The Bertz CT molecular complexity index is 428. The molecule has 1 aromatic carbocycles. The second kappa shape index (κ2) is 7.32. The summed E-state index contributed by atoms with van der Waals surface area (Å²) in [5.41, 5.74) is 3.23. The highest BCUT2D eigenvalue weighted by Crippen LogP contribution is 2.18. The van der Waals surface area contributed by atoms with E-state index in [-0.39, 0.29) is 6.03 Å². The quantitative estimate of drug-likeness (QED) is 0.817. The van der Waals surface area contributed by atoms with Gasteiger partial charge >= 0.3 is 6.03 Å². The maximum absolute atomic E-state index is 12.1. The predicted octanol–water partition coefficient (Wildman–Crippen LogP) is 4.54. The van der Waals surface area contributed by atoms with E-state index < -0.39 is 0 Å². The van der Waals surface area contributed by atoms with Gasteiger partial charge in [0.15, 0.2) is 0 Å². The van der Waals surface area contributed by atoms with Crippen LogP contribution in [0.2, 0.25) is 0 Å². The number of rotatable bonds is 2. The largest absolute Gasteiger partial charge is 0.335 e. The molecule has 1 fully saturated rings. The van der Waals surface area contributed by atoms with Gasteiger partial charge in [-0.3, -0.25) is 0 Å². The molecule has 0 heterocycles. The molecule has 1 aromatic rings. The smallest absolute Gasteiger partial charge is 0.319 e. The third kappa shape index (κ3) is 4.87. The third-order valence-corrected chi connectivity index (χ3v) is 3.92. The maximum Gasteiger partial charge on any atom is 0.319 e. The summed E-state index contributed by atoms with van der Waals surface area (Å²) in [6.45, 7) is 4.09. The van der Waals surface area contributed by atoms with Crippen molar-refractivity contribution in [1.82, 2.24) is 5.32 Å². The normalized spacial score (nSPS) is 17.1. The maximum atomic E-state index is 12.1. The molecule has 1 aliphatic rings. The predicted molar refractivity (Wildman–Crippen MR) is 84.2 cm³/mol. The fourth-order valence-corrected chi connectivity index (χ4v) is 3.00. The Balaban J connectivity index is 1.87. The molecule has 0 bridgehead atoms. The van der Waals surface area contributed by atoms with Crippen molar-refractivity contribution in [3.8, 4) is 0 Å². The topological polar surface area (TPSA) is 41.1 Å². The van der Waals surface area contributed by atoms with Gasteiger partial charge in [0.2, 0.25) is 0 Å². The Morgan fingerprint density at radius 2 is 1.50 bits per heavy atom. The van der Waals surface area contributed by atoms with Crippen LogP contribution in [0.25, 0.3) is 0 Å². The zero-order chi connectivity index (χ0) is 14.4. The molecule has 0 aliphatic heterocycles. The van der Waals surface area contributed by atoms with Crippen molar-refractivity contribution in [3.63, 3.8) is 0 Å². The van der Waals surface area contributed by atoms with Gasteiger partial charge in [-0.1, -0.05) is 38.2 Å². The third-order valence-electron chi connectivity index (χ3n) is 3.92. The van der Waals surface area contributed by atoms with Crippen LogP contribution >= 0.6 is 0 Å². The van der Waals surface area contributed by atoms with Crippen molar-refractivity contribution in [2.45, 2.75) is 64.8 Å². The molecule has 3 nitrogen and oxygen atoms in total. The molecule has 2 N–H and O–H groups in total. The van der Waals surface area contributed by atoms with Crippen LogP contribution in [0.5, 0.6) is 0 Å². The van der Waals surface area contributed by atoms with Gasteiger partial charge in [-0.15, -0.1) is 0 Å². The summed E-state index contributed by atoms with van der Waals surface area (Å²) < 4.78 is 0. The molecule has 2 rings (SSSR count). The number of amides is 2. The van der Waals surface area contributed by atoms with Crippen LogP contribution in [0.4, 0.5) is 10.5 Å². The van der Waals surface area contributed by atoms with Crippen molar-refractivity contribution < 1.29 is 4.79 Å². The molecule has 1 aliphatic carbocycles. The zero-order valence-corrected chi connectivity index (χ0v) is 12.7. The van der Waals surface area contributed by atoms with Crippen LogP contribution in [-0.2, 0) is 0 Å². The second-order valence-corrected chi connectivity index (χ2v) is 6.02. The fraction of sp³-hybridized carbons (Fsp3) is 0.588. The highest BCUT2D eigenvalue weighted by atomic mass is 16.2. The van der Waals surface area contributed by atoms with Crippen molar-refractivity contribution in [1.29, 1.82) is 0 Å². The molecule has 2 amide bonds. The number of anilines is 1. The number of aryl methyl sites for hydroxylation is 2.